The number of aryl methyl sites for hydroxylation is 1. The summed E-state index contributed by atoms with van der Waals surface area (Å²) >= 11 is 0. The minimum atomic E-state index is -4.57. The third-order valence-corrected chi connectivity index (χ3v) is 5.59. The Bertz CT molecular complexity index is 887. The topological polar surface area (TPSA) is 76.4 Å². The van der Waals surface area contributed by atoms with Gasteiger partial charge in [-0.05, 0) is 62.6 Å². The van der Waals surface area contributed by atoms with Gasteiger partial charge in [-0.1, -0.05) is 0 Å². The predicted molar refractivity (Wildman–Crippen MR) is 104 cm³/mol. The molecule has 1 amide bonds. The average Bonchev–Trinajstić information content (AvgIpc) is 3.05. The molecule has 1 aromatic carbocycles. The summed E-state index contributed by atoms with van der Waals surface area (Å²) < 4.78 is 45.8. The van der Waals surface area contributed by atoms with Crippen molar-refractivity contribution in [3.63, 3.8) is 0 Å². The maximum Gasteiger partial charge on any atom is 0.416 e. The van der Waals surface area contributed by atoms with Crippen LogP contribution in [0.25, 0.3) is 0 Å². The molecule has 1 aliphatic carbocycles. The number of carbonyl (C=O) groups excluding carboxylic acids is 1. The van der Waals surface area contributed by atoms with E-state index in [0.717, 1.165) is 55.9 Å². The molecule has 6 nitrogen and oxygen atoms in total. The van der Waals surface area contributed by atoms with E-state index in [1.54, 1.807) is 7.11 Å². The number of aromatic nitrogens is 2. The van der Waals surface area contributed by atoms with Crippen LogP contribution in [0.15, 0.2) is 24.3 Å². The Labute approximate surface area is 173 Å². The molecule has 1 fully saturated rings. The van der Waals surface area contributed by atoms with Crippen LogP contribution >= 0.6 is 0 Å². The second-order valence-corrected chi connectivity index (χ2v) is 7.84. The van der Waals surface area contributed by atoms with Gasteiger partial charge in [0.15, 0.2) is 0 Å². The highest BCUT2D eigenvalue weighted by molar-refractivity contribution is 5.97. The van der Waals surface area contributed by atoms with Crippen molar-refractivity contribution in [2.24, 2.45) is 11.8 Å². The van der Waals surface area contributed by atoms with E-state index in [0.29, 0.717) is 18.5 Å². The monoisotopic (exact) mass is 425 g/mol. The minimum absolute atomic E-state index is 0.249. The Hall–Kier alpha value is -2.71. The van der Waals surface area contributed by atoms with E-state index in [-0.39, 0.29) is 11.5 Å². The van der Waals surface area contributed by atoms with Crippen molar-refractivity contribution < 1.29 is 27.8 Å². The van der Waals surface area contributed by atoms with Gasteiger partial charge >= 0.3 is 6.18 Å². The number of amides is 1. The van der Waals surface area contributed by atoms with Gasteiger partial charge < -0.3 is 15.2 Å². The van der Waals surface area contributed by atoms with Crippen molar-refractivity contribution in [2.75, 3.05) is 13.7 Å². The van der Waals surface area contributed by atoms with Crippen LogP contribution in [0.4, 0.5) is 13.2 Å². The molecule has 1 heterocycles. The van der Waals surface area contributed by atoms with Gasteiger partial charge in [0.05, 0.1) is 23.9 Å². The number of hydrogen-bond acceptors (Lipinski definition) is 4. The SMILES string of the molecule is COc1cc(C)nn1CC1CCC(CNC(=O)c2cc(C(F)(F)F)ccc2O)CC1. The highest BCUT2D eigenvalue weighted by Gasteiger charge is 2.32. The first kappa shape index (κ1) is 22.0. The number of phenolic OH excluding ortho intramolecular Hbond substituents is 1. The Balaban J connectivity index is 1.50. The van der Waals surface area contributed by atoms with Crippen molar-refractivity contribution in [1.29, 1.82) is 0 Å². The highest BCUT2D eigenvalue weighted by atomic mass is 19.4. The molecule has 0 radical (unpaired) electrons. The van der Waals surface area contributed by atoms with Crippen LogP contribution in [0.2, 0.25) is 0 Å². The molecule has 0 saturated heterocycles. The average molecular weight is 425 g/mol. The van der Waals surface area contributed by atoms with Gasteiger partial charge in [0.1, 0.15) is 5.75 Å². The summed E-state index contributed by atoms with van der Waals surface area (Å²) in [4.78, 5) is 12.3. The van der Waals surface area contributed by atoms with Gasteiger partial charge in [-0.15, -0.1) is 0 Å². The number of hydrogen-bond donors (Lipinski definition) is 2. The smallest absolute Gasteiger partial charge is 0.416 e. The highest BCUT2D eigenvalue weighted by Crippen LogP contribution is 2.33. The third-order valence-electron chi connectivity index (χ3n) is 5.59. The van der Waals surface area contributed by atoms with Crippen LogP contribution in [0.1, 0.15) is 47.3 Å². The van der Waals surface area contributed by atoms with E-state index >= 15 is 0 Å². The van der Waals surface area contributed by atoms with Crippen LogP contribution in [-0.4, -0.2) is 34.4 Å². The molecule has 0 atom stereocenters. The molecule has 0 aliphatic heterocycles. The number of carbonyl (C=O) groups is 1. The number of nitrogens with zero attached hydrogens (tertiary/aromatic N) is 2. The van der Waals surface area contributed by atoms with Gasteiger partial charge in [-0.25, -0.2) is 4.68 Å². The lowest BCUT2D eigenvalue weighted by Crippen LogP contribution is -2.32. The number of nitrogens with one attached hydrogen (secondary N) is 1. The van der Waals surface area contributed by atoms with Gasteiger partial charge in [0.2, 0.25) is 5.88 Å². The Morgan fingerprint density at radius 2 is 1.90 bits per heavy atom. The summed E-state index contributed by atoms with van der Waals surface area (Å²) in [5, 5.41) is 16.9. The molecule has 164 valence electrons. The Kier molecular flexibility index (Phi) is 6.58. The van der Waals surface area contributed by atoms with Gasteiger partial charge in [-0.3, -0.25) is 4.79 Å². The van der Waals surface area contributed by atoms with E-state index in [4.69, 9.17) is 4.74 Å². The van der Waals surface area contributed by atoms with Crippen molar-refractivity contribution in [3.8, 4) is 11.6 Å². The van der Waals surface area contributed by atoms with E-state index < -0.39 is 23.4 Å². The number of methoxy groups -OCH3 is 1. The first-order chi connectivity index (χ1) is 14.2. The predicted octanol–water partition coefficient (Wildman–Crippen LogP) is 4.16. The van der Waals surface area contributed by atoms with E-state index in [2.05, 4.69) is 10.4 Å². The molecule has 0 bridgehead atoms. The summed E-state index contributed by atoms with van der Waals surface area (Å²) in [6, 6.07) is 4.23. The second-order valence-electron chi connectivity index (χ2n) is 7.84. The van der Waals surface area contributed by atoms with Gasteiger partial charge in [0.25, 0.3) is 5.91 Å². The Morgan fingerprint density at radius 1 is 1.23 bits per heavy atom. The molecule has 0 spiro atoms. The zero-order valence-corrected chi connectivity index (χ0v) is 17.0. The number of rotatable bonds is 6. The number of aromatic hydroxyl groups is 1. The molecule has 1 saturated carbocycles. The quantitative estimate of drug-likeness (QED) is 0.729. The summed E-state index contributed by atoms with van der Waals surface area (Å²) in [5.41, 5.74) is -0.420. The molecule has 0 unspecified atom stereocenters. The maximum atomic E-state index is 12.9. The lowest BCUT2D eigenvalue weighted by Gasteiger charge is -2.28. The van der Waals surface area contributed by atoms with E-state index in [1.165, 1.54) is 0 Å². The molecule has 9 heteroatoms. The number of benzene rings is 1. The van der Waals surface area contributed by atoms with Gasteiger partial charge in [-0.2, -0.15) is 18.3 Å². The second kappa shape index (κ2) is 8.97. The number of phenols is 1. The zero-order valence-electron chi connectivity index (χ0n) is 17.0. The van der Waals surface area contributed by atoms with Crippen molar-refractivity contribution in [1.82, 2.24) is 15.1 Å². The normalized spacial score (nSPS) is 19.5. The molecule has 1 aliphatic rings. The van der Waals surface area contributed by atoms with Gasteiger partial charge in [0, 0.05) is 19.2 Å². The number of halogens is 3. The third kappa shape index (κ3) is 5.25. The standard InChI is InChI=1S/C21H26F3N3O3/c1-13-9-19(30-2)27(26-13)12-15-5-3-14(4-6-15)11-25-20(29)17-10-16(21(22,23)24)7-8-18(17)28/h7-10,14-15,28H,3-6,11-12H2,1-2H3,(H,25,29). The maximum absolute atomic E-state index is 12.9. The molecule has 2 N–H and O–H groups in total. The zero-order chi connectivity index (χ0) is 21.9. The van der Waals surface area contributed by atoms with Crippen LogP contribution in [0.5, 0.6) is 11.6 Å². The lowest BCUT2D eigenvalue weighted by molar-refractivity contribution is -0.137. The van der Waals surface area contributed by atoms with Crippen molar-refractivity contribution in [3.05, 3.63) is 41.1 Å². The van der Waals surface area contributed by atoms with Crippen LogP contribution in [0.3, 0.4) is 0 Å². The van der Waals surface area contributed by atoms with E-state index in [9.17, 15) is 23.1 Å². The summed E-state index contributed by atoms with van der Waals surface area (Å²) in [6.07, 6.45) is -0.824. The molecule has 30 heavy (non-hydrogen) atoms. The van der Waals surface area contributed by atoms with Crippen LogP contribution in [0, 0.1) is 18.8 Å². The fourth-order valence-electron chi connectivity index (χ4n) is 3.91. The first-order valence-electron chi connectivity index (χ1n) is 9.94. The van der Waals surface area contributed by atoms with Crippen molar-refractivity contribution in [2.45, 2.75) is 45.3 Å². The molecule has 2 aromatic rings. The van der Waals surface area contributed by atoms with E-state index in [1.807, 2.05) is 17.7 Å². The Morgan fingerprint density at radius 3 is 2.53 bits per heavy atom. The molecule has 3 rings (SSSR count). The van der Waals surface area contributed by atoms with Crippen LogP contribution in [-0.2, 0) is 12.7 Å². The number of alkyl halides is 3. The minimum Gasteiger partial charge on any atom is -0.507 e. The molecular formula is C21H26F3N3O3. The fraction of sp³-hybridized carbons (Fsp3) is 0.524. The largest absolute Gasteiger partial charge is 0.507 e. The lowest BCUT2D eigenvalue weighted by atomic mass is 9.82. The summed E-state index contributed by atoms with van der Waals surface area (Å²) in [5.74, 6) is 0.282. The molecule has 1 aromatic heterocycles. The fourth-order valence-corrected chi connectivity index (χ4v) is 3.91. The molecular weight excluding hydrogens is 399 g/mol. The number of ether oxygens (including phenoxy) is 1. The van der Waals surface area contributed by atoms with Crippen molar-refractivity contribution >= 4 is 5.91 Å². The first-order valence-corrected chi connectivity index (χ1v) is 9.94. The summed E-state index contributed by atoms with van der Waals surface area (Å²) in [6.45, 7) is 3.06. The van der Waals surface area contributed by atoms with Crippen LogP contribution < -0.4 is 10.1 Å². The summed E-state index contributed by atoms with van der Waals surface area (Å²) in [7, 11) is 1.62.